The topological polar surface area (TPSA) is 71.3 Å². The maximum absolute atomic E-state index is 12.1. The highest BCUT2D eigenvalue weighted by atomic mass is 16.4. The Kier molecular flexibility index (Phi) is 4.98. The summed E-state index contributed by atoms with van der Waals surface area (Å²) in [5, 5.41) is 11.8. The maximum atomic E-state index is 12.1. The lowest BCUT2D eigenvalue weighted by atomic mass is 9.90. The number of hydrogen-bond donors (Lipinski definition) is 2. The van der Waals surface area contributed by atoms with Crippen molar-refractivity contribution in [3.05, 3.63) is 23.0 Å². The number of nitrogens with zero attached hydrogens (tertiary/aromatic N) is 1. The average molecular weight is 280 g/mol. The van der Waals surface area contributed by atoms with Crippen molar-refractivity contribution < 1.29 is 14.7 Å². The van der Waals surface area contributed by atoms with Gasteiger partial charge in [0.05, 0.1) is 11.0 Å². The van der Waals surface area contributed by atoms with Gasteiger partial charge in [-0.3, -0.25) is 9.59 Å². The average Bonchev–Trinajstić information content (AvgIpc) is 2.63. The number of carboxylic acid groups (broad SMARTS) is 1. The van der Waals surface area contributed by atoms with Gasteiger partial charge in [0, 0.05) is 24.5 Å². The molecule has 1 amide bonds. The van der Waals surface area contributed by atoms with Gasteiger partial charge in [-0.1, -0.05) is 0 Å². The third kappa shape index (κ3) is 3.40. The van der Waals surface area contributed by atoms with Gasteiger partial charge in [0.15, 0.2) is 0 Å². The van der Waals surface area contributed by atoms with E-state index in [4.69, 9.17) is 5.11 Å². The largest absolute Gasteiger partial charge is 0.481 e. The van der Waals surface area contributed by atoms with Gasteiger partial charge in [-0.05, 0) is 47.1 Å². The monoisotopic (exact) mass is 280 g/mol. The molecule has 0 aliphatic rings. The van der Waals surface area contributed by atoms with Crippen molar-refractivity contribution in [2.24, 2.45) is 5.41 Å². The molecule has 112 valence electrons. The Labute approximate surface area is 120 Å². The normalized spacial score (nSPS) is 11.4. The van der Waals surface area contributed by atoms with Crippen LogP contribution >= 0.6 is 0 Å². The standard InChI is InChI=1S/C15H24N2O3/c1-6-17-10(2)9-12(11(17)3)13(18)16-8-7-15(4,5)14(19)20/h9H,6-8H2,1-5H3,(H,16,18)(H,19,20). The number of aryl methyl sites for hydroxylation is 1. The van der Waals surface area contributed by atoms with Gasteiger partial charge in [0.25, 0.3) is 5.91 Å². The molecule has 0 fully saturated rings. The summed E-state index contributed by atoms with van der Waals surface area (Å²) in [7, 11) is 0. The van der Waals surface area contributed by atoms with E-state index in [1.165, 1.54) is 0 Å². The van der Waals surface area contributed by atoms with Crippen LogP contribution in [0.5, 0.6) is 0 Å². The molecule has 0 radical (unpaired) electrons. The number of carbonyl (C=O) groups is 2. The predicted molar refractivity (Wildman–Crippen MR) is 77.9 cm³/mol. The van der Waals surface area contributed by atoms with Crippen LogP contribution in [0, 0.1) is 19.3 Å². The Hall–Kier alpha value is -1.78. The molecule has 1 rings (SSSR count). The summed E-state index contributed by atoms with van der Waals surface area (Å²) >= 11 is 0. The fraction of sp³-hybridized carbons (Fsp3) is 0.600. The Morgan fingerprint density at radius 1 is 1.35 bits per heavy atom. The first-order valence-electron chi connectivity index (χ1n) is 6.89. The predicted octanol–water partition coefficient (Wildman–Crippen LogP) is 2.36. The van der Waals surface area contributed by atoms with Crippen molar-refractivity contribution in [3.63, 3.8) is 0 Å². The van der Waals surface area contributed by atoms with E-state index < -0.39 is 11.4 Å². The third-order valence-corrected chi connectivity index (χ3v) is 3.75. The van der Waals surface area contributed by atoms with E-state index in [1.54, 1.807) is 13.8 Å². The van der Waals surface area contributed by atoms with Crippen molar-refractivity contribution in [2.45, 2.75) is 47.6 Å². The molecule has 20 heavy (non-hydrogen) atoms. The molecule has 0 unspecified atom stereocenters. The van der Waals surface area contributed by atoms with Gasteiger partial charge < -0.3 is 15.0 Å². The van der Waals surface area contributed by atoms with Gasteiger partial charge in [0.2, 0.25) is 0 Å². The molecule has 0 bridgehead atoms. The lowest BCUT2D eigenvalue weighted by Gasteiger charge is -2.18. The highest BCUT2D eigenvalue weighted by Gasteiger charge is 2.26. The maximum Gasteiger partial charge on any atom is 0.309 e. The Bertz CT molecular complexity index is 515. The molecule has 0 saturated carbocycles. The second kappa shape index (κ2) is 6.11. The smallest absolute Gasteiger partial charge is 0.309 e. The van der Waals surface area contributed by atoms with Crippen LogP contribution in [-0.4, -0.2) is 28.1 Å². The molecule has 5 nitrogen and oxygen atoms in total. The SMILES string of the molecule is CCn1c(C)cc(C(=O)NCCC(C)(C)C(=O)O)c1C. The van der Waals surface area contributed by atoms with Crippen LogP contribution in [0.3, 0.4) is 0 Å². The number of carboxylic acids is 1. The van der Waals surface area contributed by atoms with Crippen LogP contribution in [0.15, 0.2) is 6.07 Å². The molecule has 0 aliphatic heterocycles. The molecule has 1 heterocycles. The minimum Gasteiger partial charge on any atom is -0.481 e. The van der Waals surface area contributed by atoms with E-state index in [9.17, 15) is 9.59 Å². The van der Waals surface area contributed by atoms with Crippen LogP contribution in [0.1, 0.15) is 48.9 Å². The highest BCUT2D eigenvalue weighted by molar-refractivity contribution is 5.95. The Morgan fingerprint density at radius 3 is 2.40 bits per heavy atom. The van der Waals surface area contributed by atoms with Gasteiger partial charge >= 0.3 is 5.97 Å². The second-order valence-corrected chi connectivity index (χ2v) is 5.72. The minimum absolute atomic E-state index is 0.140. The summed E-state index contributed by atoms with van der Waals surface area (Å²) in [5.74, 6) is -0.991. The highest BCUT2D eigenvalue weighted by Crippen LogP contribution is 2.20. The molecule has 0 aliphatic carbocycles. The van der Waals surface area contributed by atoms with E-state index in [0.29, 0.717) is 18.5 Å². The van der Waals surface area contributed by atoms with Crippen LogP contribution in [0.25, 0.3) is 0 Å². The molecule has 0 spiro atoms. The first-order valence-corrected chi connectivity index (χ1v) is 6.89. The van der Waals surface area contributed by atoms with Crippen LogP contribution in [-0.2, 0) is 11.3 Å². The number of hydrogen-bond acceptors (Lipinski definition) is 2. The van der Waals surface area contributed by atoms with E-state index in [0.717, 1.165) is 17.9 Å². The molecular formula is C15H24N2O3. The number of rotatable bonds is 6. The lowest BCUT2D eigenvalue weighted by molar-refractivity contribution is -0.147. The Morgan fingerprint density at radius 2 is 1.95 bits per heavy atom. The molecule has 0 aromatic carbocycles. The van der Waals surface area contributed by atoms with E-state index >= 15 is 0 Å². The number of aliphatic carboxylic acids is 1. The van der Waals surface area contributed by atoms with E-state index in [2.05, 4.69) is 9.88 Å². The third-order valence-electron chi connectivity index (χ3n) is 3.75. The van der Waals surface area contributed by atoms with Gasteiger partial charge in [0.1, 0.15) is 0 Å². The summed E-state index contributed by atoms with van der Waals surface area (Å²) in [6.45, 7) is 10.4. The number of carbonyl (C=O) groups excluding carboxylic acids is 1. The van der Waals surface area contributed by atoms with Crippen molar-refractivity contribution in [1.29, 1.82) is 0 Å². The summed E-state index contributed by atoms with van der Waals surface area (Å²) in [6, 6.07) is 1.87. The van der Waals surface area contributed by atoms with Crippen molar-refractivity contribution in [2.75, 3.05) is 6.54 Å². The molecular weight excluding hydrogens is 256 g/mol. The zero-order valence-corrected chi connectivity index (χ0v) is 12.9. The van der Waals surface area contributed by atoms with Crippen LogP contribution in [0.4, 0.5) is 0 Å². The zero-order valence-electron chi connectivity index (χ0n) is 12.9. The van der Waals surface area contributed by atoms with Gasteiger partial charge in [-0.15, -0.1) is 0 Å². The first kappa shape index (κ1) is 16.3. The lowest BCUT2D eigenvalue weighted by Crippen LogP contribution is -2.32. The van der Waals surface area contributed by atoms with Crippen molar-refractivity contribution >= 4 is 11.9 Å². The second-order valence-electron chi connectivity index (χ2n) is 5.72. The summed E-state index contributed by atoms with van der Waals surface area (Å²) in [5.41, 5.74) is 1.84. The van der Waals surface area contributed by atoms with E-state index in [1.807, 2.05) is 26.8 Å². The number of nitrogens with one attached hydrogen (secondary N) is 1. The van der Waals surface area contributed by atoms with Crippen molar-refractivity contribution in [3.8, 4) is 0 Å². The fourth-order valence-electron chi connectivity index (χ4n) is 2.21. The molecule has 5 heteroatoms. The minimum atomic E-state index is -0.851. The molecule has 1 aromatic rings. The summed E-state index contributed by atoms with van der Waals surface area (Å²) in [6.07, 6.45) is 0.403. The number of aromatic nitrogens is 1. The van der Waals surface area contributed by atoms with Crippen molar-refractivity contribution in [1.82, 2.24) is 9.88 Å². The molecule has 0 atom stereocenters. The van der Waals surface area contributed by atoms with Crippen LogP contribution in [0.2, 0.25) is 0 Å². The fourth-order valence-corrected chi connectivity index (χ4v) is 2.21. The summed E-state index contributed by atoms with van der Waals surface area (Å²) < 4.78 is 2.08. The van der Waals surface area contributed by atoms with Crippen LogP contribution < -0.4 is 5.32 Å². The zero-order chi connectivity index (χ0) is 15.5. The van der Waals surface area contributed by atoms with Gasteiger partial charge in [-0.25, -0.2) is 0 Å². The molecule has 0 saturated heterocycles. The molecule has 1 aromatic heterocycles. The molecule has 2 N–H and O–H groups in total. The van der Waals surface area contributed by atoms with E-state index in [-0.39, 0.29) is 5.91 Å². The quantitative estimate of drug-likeness (QED) is 0.840. The Balaban J connectivity index is 2.67. The summed E-state index contributed by atoms with van der Waals surface area (Å²) in [4.78, 5) is 23.1. The van der Waals surface area contributed by atoms with Gasteiger partial charge in [-0.2, -0.15) is 0 Å². The first-order chi connectivity index (χ1) is 9.20. The number of amides is 1.